The zero-order chi connectivity index (χ0) is 21.1. The Morgan fingerprint density at radius 1 is 0.567 bits per heavy atom. The minimum absolute atomic E-state index is 0.0982. The molecule has 0 aliphatic carbocycles. The first-order chi connectivity index (χ1) is 14.5. The number of hydrogen-bond donors (Lipinski definition) is 0. The van der Waals surface area contributed by atoms with Gasteiger partial charge in [-0.05, 0) is 35.4 Å². The Balaban J connectivity index is 1.58. The number of ether oxygens (including phenoxy) is 1. The summed E-state index contributed by atoms with van der Waals surface area (Å²) in [5.41, 5.74) is 1.11. The molecule has 0 aliphatic rings. The first-order valence-corrected chi connectivity index (χ1v) is 9.23. The smallest absolute Gasteiger partial charge is 0.166 e. The Kier molecular flexibility index (Phi) is 5.53. The van der Waals surface area contributed by atoms with Crippen LogP contribution in [0.4, 0.5) is 17.6 Å². The van der Waals surface area contributed by atoms with Crippen LogP contribution in [0, 0.1) is 23.3 Å². The third-order valence-electron chi connectivity index (χ3n) is 4.71. The number of halogens is 4. The molecule has 0 unspecified atom stereocenters. The molecule has 4 aromatic rings. The van der Waals surface area contributed by atoms with Crippen molar-refractivity contribution in [2.75, 3.05) is 0 Å². The summed E-state index contributed by atoms with van der Waals surface area (Å²) in [6, 6.07) is 21.2. The van der Waals surface area contributed by atoms with E-state index in [1.54, 1.807) is 6.07 Å². The summed E-state index contributed by atoms with van der Waals surface area (Å²) in [7, 11) is 0. The van der Waals surface area contributed by atoms with Gasteiger partial charge in [0, 0.05) is 22.8 Å². The second-order valence-corrected chi connectivity index (χ2v) is 6.71. The molecule has 0 atom stereocenters. The topological polar surface area (TPSA) is 9.23 Å². The summed E-state index contributed by atoms with van der Waals surface area (Å²) >= 11 is 0. The maximum atomic E-state index is 14.6. The molecule has 0 aliphatic heterocycles. The second kappa shape index (κ2) is 8.41. The molecule has 0 saturated carbocycles. The van der Waals surface area contributed by atoms with Crippen LogP contribution in [0.2, 0.25) is 0 Å². The van der Waals surface area contributed by atoms with Crippen molar-refractivity contribution in [3.8, 4) is 28.0 Å². The van der Waals surface area contributed by atoms with Gasteiger partial charge in [-0.3, -0.25) is 0 Å². The summed E-state index contributed by atoms with van der Waals surface area (Å²) in [5, 5.41) is 0. The van der Waals surface area contributed by atoms with Crippen molar-refractivity contribution in [1.29, 1.82) is 0 Å². The van der Waals surface area contributed by atoms with E-state index in [0.717, 1.165) is 17.7 Å². The lowest BCUT2D eigenvalue weighted by molar-refractivity contribution is 0.304. The number of hydrogen-bond acceptors (Lipinski definition) is 1. The highest BCUT2D eigenvalue weighted by Gasteiger charge is 2.15. The van der Waals surface area contributed by atoms with Gasteiger partial charge in [0.25, 0.3) is 0 Å². The van der Waals surface area contributed by atoms with Crippen molar-refractivity contribution >= 4 is 0 Å². The predicted molar refractivity (Wildman–Crippen MR) is 108 cm³/mol. The van der Waals surface area contributed by atoms with Crippen molar-refractivity contribution in [3.63, 3.8) is 0 Å². The highest BCUT2D eigenvalue weighted by Crippen LogP contribution is 2.32. The Morgan fingerprint density at radius 2 is 1.30 bits per heavy atom. The fraction of sp³-hybridized carbons (Fsp3) is 0.0400. The molecule has 0 bridgehead atoms. The van der Waals surface area contributed by atoms with Crippen LogP contribution >= 0.6 is 0 Å². The van der Waals surface area contributed by atoms with Crippen LogP contribution in [0.1, 0.15) is 5.56 Å². The van der Waals surface area contributed by atoms with Gasteiger partial charge in [-0.2, -0.15) is 0 Å². The van der Waals surface area contributed by atoms with E-state index in [0.29, 0.717) is 12.4 Å². The average Bonchev–Trinajstić information content (AvgIpc) is 2.75. The van der Waals surface area contributed by atoms with Gasteiger partial charge in [0.05, 0.1) is 0 Å². The van der Waals surface area contributed by atoms with E-state index < -0.39 is 23.3 Å². The first kappa shape index (κ1) is 19.7. The highest BCUT2D eigenvalue weighted by molar-refractivity contribution is 5.72. The Bertz CT molecular complexity index is 1190. The molecule has 1 nitrogen and oxygen atoms in total. The van der Waals surface area contributed by atoms with Gasteiger partial charge in [-0.1, -0.05) is 54.6 Å². The summed E-state index contributed by atoms with van der Waals surface area (Å²) < 4.78 is 62.3. The van der Waals surface area contributed by atoms with E-state index >= 15 is 0 Å². The molecule has 30 heavy (non-hydrogen) atoms. The van der Waals surface area contributed by atoms with E-state index in [9.17, 15) is 17.6 Å². The van der Waals surface area contributed by atoms with Crippen molar-refractivity contribution in [2.24, 2.45) is 0 Å². The molecule has 0 spiro atoms. The van der Waals surface area contributed by atoms with E-state index in [2.05, 4.69) is 0 Å². The minimum Gasteiger partial charge on any atom is -0.489 e. The van der Waals surface area contributed by atoms with Crippen LogP contribution in [0.25, 0.3) is 22.3 Å². The zero-order valence-electron chi connectivity index (χ0n) is 15.7. The average molecular weight is 408 g/mol. The van der Waals surface area contributed by atoms with Crippen LogP contribution in [-0.2, 0) is 6.61 Å². The Morgan fingerprint density at radius 3 is 2.03 bits per heavy atom. The molecule has 0 saturated heterocycles. The SMILES string of the molecule is Fc1cc(OCc2ccccc2)ccc1-c1ccc(-c2cccc(F)c2F)c(F)c1. The summed E-state index contributed by atoms with van der Waals surface area (Å²) in [6.45, 7) is 0.294. The lowest BCUT2D eigenvalue weighted by atomic mass is 9.99. The molecule has 4 rings (SSSR count). The molecule has 4 aromatic carbocycles. The van der Waals surface area contributed by atoms with Crippen LogP contribution in [0.3, 0.4) is 0 Å². The third kappa shape index (κ3) is 4.06. The summed E-state index contributed by atoms with van der Waals surface area (Å²) in [5.74, 6) is -3.20. The van der Waals surface area contributed by atoms with E-state index in [1.165, 1.54) is 36.4 Å². The lowest BCUT2D eigenvalue weighted by Crippen LogP contribution is -1.96. The van der Waals surface area contributed by atoms with Gasteiger partial charge >= 0.3 is 0 Å². The minimum atomic E-state index is -1.13. The molecule has 0 radical (unpaired) electrons. The van der Waals surface area contributed by atoms with Gasteiger partial charge in [0.2, 0.25) is 0 Å². The monoisotopic (exact) mass is 408 g/mol. The standard InChI is InChI=1S/C25H16F4O/c26-22-8-4-7-21(25(22)29)20-11-9-17(13-23(20)27)19-12-10-18(14-24(19)28)30-15-16-5-2-1-3-6-16/h1-14H,15H2. The molecule has 150 valence electrons. The van der Waals surface area contributed by atoms with E-state index in [-0.39, 0.29) is 22.3 Å². The van der Waals surface area contributed by atoms with Gasteiger partial charge in [0.1, 0.15) is 24.0 Å². The van der Waals surface area contributed by atoms with E-state index in [1.807, 2.05) is 30.3 Å². The Labute approximate surface area is 171 Å². The molecule has 0 N–H and O–H groups in total. The Hall–Kier alpha value is -3.60. The fourth-order valence-electron chi connectivity index (χ4n) is 3.17. The number of rotatable bonds is 5. The van der Waals surface area contributed by atoms with Gasteiger partial charge in [-0.15, -0.1) is 0 Å². The third-order valence-corrected chi connectivity index (χ3v) is 4.71. The number of benzene rings is 4. The van der Waals surface area contributed by atoms with Crippen LogP contribution in [-0.4, -0.2) is 0 Å². The van der Waals surface area contributed by atoms with Crippen molar-refractivity contribution in [1.82, 2.24) is 0 Å². The molecule has 0 amide bonds. The second-order valence-electron chi connectivity index (χ2n) is 6.71. The van der Waals surface area contributed by atoms with Crippen molar-refractivity contribution in [2.45, 2.75) is 6.61 Å². The molecule has 5 heteroatoms. The van der Waals surface area contributed by atoms with Gasteiger partial charge in [0.15, 0.2) is 11.6 Å². The van der Waals surface area contributed by atoms with Gasteiger partial charge in [-0.25, -0.2) is 17.6 Å². The van der Waals surface area contributed by atoms with Crippen LogP contribution in [0.5, 0.6) is 5.75 Å². The van der Waals surface area contributed by atoms with Crippen molar-refractivity contribution < 1.29 is 22.3 Å². The molecular weight excluding hydrogens is 392 g/mol. The molecule has 0 heterocycles. The zero-order valence-corrected chi connectivity index (χ0v) is 15.7. The van der Waals surface area contributed by atoms with E-state index in [4.69, 9.17) is 4.74 Å². The predicted octanol–water partition coefficient (Wildman–Crippen LogP) is 7.16. The maximum Gasteiger partial charge on any atom is 0.166 e. The quantitative estimate of drug-likeness (QED) is 0.319. The van der Waals surface area contributed by atoms with Crippen molar-refractivity contribution in [3.05, 3.63) is 114 Å². The highest BCUT2D eigenvalue weighted by atomic mass is 19.2. The molecular formula is C25H16F4O. The first-order valence-electron chi connectivity index (χ1n) is 9.23. The molecule has 0 fully saturated rings. The lowest BCUT2D eigenvalue weighted by Gasteiger charge is -2.11. The summed E-state index contributed by atoms with van der Waals surface area (Å²) in [6.07, 6.45) is 0. The summed E-state index contributed by atoms with van der Waals surface area (Å²) in [4.78, 5) is 0. The van der Waals surface area contributed by atoms with Crippen LogP contribution < -0.4 is 4.74 Å². The maximum absolute atomic E-state index is 14.6. The normalized spacial score (nSPS) is 10.8. The van der Waals surface area contributed by atoms with Crippen LogP contribution in [0.15, 0.2) is 84.9 Å². The van der Waals surface area contributed by atoms with Gasteiger partial charge < -0.3 is 4.74 Å². The molecule has 0 aromatic heterocycles. The largest absolute Gasteiger partial charge is 0.489 e. The fourth-order valence-corrected chi connectivity index (χ4v) is 3.17.